The number of esters is 1. The van der Waals surface area contributed by atoms with Crippen LogP contribution in [0.15, 0.2) is 29.6 Å². The zero-order chi connectivity index (χ0) is 20.0. The molecule has 0 fully saturated rings. The van der Waals surface area contributed by atoms with Gasteiger partial charge in [-0.3, -0.25) is 4.79 Å². The van der Waals surface area contributed by atoms with Crippen molar-refractivity contribution in [3.05, 3.63) is 40.5 Å². The molecule has 0 unspecified atom stereocenters. The van der Waals surface area contributed by atoms with Crippen LogP contribution in [0.2, 0.25) is 5.02 Å². The van der Waals surface area contributed by atoms with Crippen molar-refractivity contribution in [2.75, 3.05) is 17.7 Å². The van der Waals surface area contributed by atoms with Crippen molar-refractivity contribution < 1.29 is 14.3 Å². The minimum atomic E-state index is -0.576. The summed E-state index contributed by atoms with van der Waals surface area (Å²) >= 11 is 7.26. The summed E-state index contributed by atoms with van der Waals surface area (Å²) in [6, 6.07) is 5.33. The van der Waals surface area contributed by atoms with Gasteiger partial charge in [0.25, 0.3) is 0 Å². The molecule has 0 aliphatic rings. The molecule has 0 bridgehead atoms. The molecule has 1 aromatic carbocycles. The number of amides is 1. The average molecular weight is 409 g/mol. The highest BCUT2D eigenvalue weighted by Crippen LogP contribution is 2.26. The van der Waals surface area contributed by atoms with E-state index >= 15 is 0 Å². The second-order valence-corrected chi connectivity index (χ2v) is 7.22. The van der Waals surface area contributed by atoms with Crippen molar-refractivity contribution in [2.45, 2.75) is 37.6 Å². The molecule has 3 N–H and O–H groups in total. The molecular formula is C18H21ClN4O3S. The summed E-state index contributed by atoms with van der Waals surface area (Å²) in [6.07, 6.45) is 1.87. The van der Waals surface area contributed by atoms with E-state index in [1.54, 1.807) is 19.1 Å². The molecule has 0 saturated carbocycles. The van der Waals surface area contributed by atoms with Gasteiger partial charge >= 0.3 is 5.97 Å². The van der Waals surface area contributed by atoms with Crippen molar-refractivity contribution in [2.24, 2.45) is 0 Å². The molecule has 0 aliphatic carbocycles. The van der Waals surface area contributed by atoms with Crippen LogP contribution in [0, 0.1) is 6.92 Å². The number of hydrogen-bond acceptors (Lipinski definition) is 7. The van der Waals surface area contributed by atoms with Gasteiger partial charge in [0.05, 0.1) is 11.9 Å². The van der Waals surface area contributed by atoms with Gasteiger partial charge in [-0.2, -0.15) is 0 Å². The number of nitrogens with two attached hydrogens (primary N) is 1. The number of thioether (sulfide) groups is 1. The molecule has 1 amide bonds. The van der Waals surface area contributed by atoms with Gasteiger partial charge in [-0.15, -0.1) is 0 Å². The standard InChI is InChI=1S/C18H21ClN4O3S/c1-4-14(16(24)22-11-7-6-10(3)13(19)8-11)27-18-21-9-12(15(20)23-18)17(25)26-5-2/h6-9,14H,4-5H2,1-3H3,(H,22,24)(H2,20,21,23)/t14-/m0/s1. The van der Waals surface area contributed by atoms with Crippen LogP contribution in [0.25, 0.3) is 0 Å². The first-order chi connectivity index (χ1) is 12.8. The summed E-state index contributed by atoms with van der Waals surface area (Å²) < 4.78 is 4.89. The molecule has 2 aromatic rings. The van der Waals surface area contributed by atoms with Crippen molar-refractivity contribution in [3.63, 3.8) is 0 Å². The number of rotatable bonds is 7. The number of nitrogen functional groups attached to an aromatic ring is 1. The summed E-state index contributed by atoms with van der Waals surface area (Å²) in [6.45, 7) is 5.71. The van der Waals surface area contributed by atoms with Crippen molar-refractivity contribution in [3.8, 4) is 0 Å². The van der Waals surface area contributed by atoms with E-state index in [9.17, 15) is 9.59 Å². The fraction of sp³-hybridized carbons (Fsp3) is 0.333. The van der Waals surface area contributed by atoms with E-state index in [2.05, 4.69) is 15.3 Å². The number of nitrogens with zero attached hydrogens (tertiary/aromatic N) is 2. The van der Waals surface area contributed by atoms with E-state index in [-0.39, 0.29) is 23.9 Å². The van der Waals surface area contributed by atoms with Crippen LogP contribution in [0.4, 0.5) is 11.5 Å². The number of aryl methyl sites for hydroxylation is 1. The maximum Gasteiger partial charge on any atom is 0.343 e. The molecule has 1 atom stereocenters. The first kappa shape index (κ1) is 21.0. The number of carbonyl (C=O) groups is 2. The fourth-order valence-corrected chi connectivity index (χ4v) is 3.18. The molecule has 144 valence electrons. The monoisotopic (exact) mass is 408 g/mol. The molecule has 27 heavy (non-hydrogen) atoms. The normalized spacial score (nSPS) is 11.7. The highest BCUT2D eigenvalue weighted by Gasteiger charge is 2.21. The van der Waals surface area contributed by atoms with E-state index in [1.165, 1.54) is 18.0 Å². The molecule has 0 spiro atoms. The Hall–Kier alpha value is -2.32. The Bertz CT molecular complexity index is 847. The minimum absolute atomic E-state index is 0.0199. The number of carbonyl (C=O) groups excluding carboxylic acids is 2. The van der Waals surface area contributed by atoms with Gasteiger partial charge in [0.2, 0.25) is 5.91 Å². The highest BCUT2D eigenvalue weighted by molar-refractivity contribution is 8.00. The number of halogens is 1. The van der Waals surface area contributed by atoms with Gasteiger partial charge in [-0.05, 0) is 38.0 Å². The third-order valence-corrected chi connectivity index (χ3v) is 5.29. The van der Waals surface area contributed by atoms with E-state index in [4.69, 9.17) is 22.1 Å². The van der Waals surface area contributed by atoms with Crippen molar-refractivity contribution in [1.82, 2.24) is 9.97 Å². The van der Waals surface area contributed by atoms with Gasteiger partial charge in [-0.1, -0.05) is 36.4 Å². The predicted octanol–water partition coefficient (Wildman–Crippen LogP) is 3.71. The molecule has 1 aromatic heterocycles. The summed E-state index contributed by atoms with van der Waals surface area (Å²) in [5, 5.41) is 3.30. The topological polar surface area (TPSA) is 107 Å². The van der Waals surface area contributed by atoms with Gasteiger partial charge in [0.15, 0.2) is 5.16 Å². The smallest absolute Gasteiger partial charge is 0.343 e. The molecule has 0 aliphatic heterocycles. The lowest BCUT2D eigenvalue weighted by molar-refractivity contribution is -0.115. The van der Waals surface area contributed by atoms with Gasteiger partial charge < -0.3 is 15.8 Å². The first-order valence-corrected chi connectivity index (χ1v) is 9.64. The van der Waals surface area contributed by atoms with Gasteiger partial charge in [-0.25, -0.2) is 14.8 Å². The van der Waals surface area contributed by atoms with Crippen LogP contribution in [0.1, 0.15) is 36.2 Å². The summed E-state index contributed by atoms with van der Waals surface area (Å²) in [5.41, 5.74) is 7.47. The van der Waals surface area contributed by atoms with Crippen LogP contribution in [0.3, 0.4) is 0 Å². The lowest BCUT2D eigenvalue weighted by Crippen LogP contribution is -2.25. The number of nitrogens with one attached hydrogen (secondary N) is 1. The predicted molar refractivity (Wildman–Crippen MR) is 107 cm³/mol. The Morgan fingerprint density at radius 2 is 2.11 bits per heavy atom. The second-order valence-electron chi connectivity index (χ2n) is 5.64. The highest BCUT2D eigenvalue weighted by atomic mass is 35.5. The number of hydrogen-bond donors (Lipinski definition) is 2. The number of ether oxygens (including phenoxy) is 1. The Kier molecular flexibility index (Phi) is 7.44. The first-order valence-electron chi connectivity index (χ1n) is 8.39. The average Bonchev–Trinajstić information content (AvgIpc) is 2.63. The maximum atomic E-state index is 12.6. The summed E-state index contributed by atoms with van der Waals surface area (Å²) in [7, 11) is 0. The Morgan fingerprint density at radius 3 is 2.70 bits per heavy atom. The zero-order valence-electron chi connectivity index (χ0n) is 15.3. The molecule has 1 heterocycles. The zero-order valence-corrected chi connectivity index (χ0v) is 16.9. The number of benzene rings is 1. The fourth-order valence-electron chi connectivity index (χ4n) is 2.14. The van der Waals surface area contributed by atoms with Crippen LogP contribution < -0.4 is 11.1 Å². The van der Waals surface area contributed by atoms with Gasteiger partial charge in [0, 0.05) is 16.9 Å². The van der Waals surface area contributed by atoms with Crippen molar-refractivity contribution in [1.29, 1.82) is 0 Å². The molecule has 7 nitrogen and oxygen atoms in total. The van der Waals surface area contributed by atoms with E-state index < -0.39 is 11.2 Å². The summed E-state index contributed by atoms with van der Waals surface area (Å²) in [4.78, 5) is 32.5. The minimum Gasteiger partial charge on any atom is -0.462 e. The molecule has 9 heteroatoms. The molecule has 0 saturated heterocycles. The van der Waals surface area contributed by atoms with E-state index in [1.807, 2.05) is 19.9 Å². The Balaban J connectivity index is 2.09. The van der Waals surface area contributed by atoms with Crippen molar-refractivity contribution >= 4 is 46.7 Å². The molecule has 2 rings (SSSR count). The second kappa shape index (κ2) is 9.57. The van der Waals surface area contributed by atoms with E-state index in [0.717, 1.165) is 5.56 Å². The van der Waals surface area contributed by atoms with Crippen LogP contribution >= 0.6 is 23.4 Å². The summed E-state index contributed by atoms with van der Waals surface area (Å²) in [5.74, 6) is -0.752. The molecular weight excluding hydrogens is 388 g/mol. The lowest BCUT2D eigenvalue weighted by atomic mass is 10.2. The number of anilines is 2. The Morgan fingerprint density at radius 1 is 1.37 bits per heavy atom. The van der Waals surface area contributed by atoms with E-state index in [0.29, 0.717) is 22.3 Å². The van der Waals surface area contributed by atoms with Crippen LogP contribution in [-0.2, 0) is 9.53 Å². The maximum absolute atomic E-state index is 12.6. The lowest BCUT2D eigenvalue weighted by Gasteiger charge is -2.15. The quantitative estimate of drug-likeness (QED) is 0.408. The van der Waals surface area contributed by atoms with Gasteiger partial charge in [0.1, 0.15) is 11.4 Å². The molecule has 0 radical (unpaired) electrons. The largest absolute Gasteiger partial charge is 0.462 e. The third-order valence-electron chi connectivity index (χ3n) is 3.64. The van der Waals surface area contributed by atoms with Crippen LogP contribution in [-0.4, -0.2) is 33.7 Å². The number of aromatic nitrogens is 2. The van der Waals surface area contributed by atoms with Crippen LogP contribution in [0.5, 0.6) is 0 Å². The third kappa shape index (κ3) is 5.58. The SMILES string of the molecule is CCOC(=O)c1cnc(S[C@@H](CC)C(=O)Nc2ccc(C)c(Cl)c2)nc1N. The Labute approximate surface area is 167 Å².